The lowest BCUT2D eigenvalue weighted by molar-refractivity contribution is -0.119. The molecule has 7 nitrogen and oxygen atoms in total. The lowest BCUT2D eigenvalue weighted by Gasteiger charge is -2.22. The molecule has 0 radical (unpaired) electrons. The van der Waals surface area contributed by atoms with E-state index in [1.165, 1.54) is 13.0 Å². The Balaban J connectivity index is 2.14. The molecule has 0 saturated heterocycles. The molecule has 0 fully saturated rings. The predicted molar refractivity (Wildman–Crippen MR) is 94.7 cm³/mol. The molecule has 1 N–H and O–H groups in total. The summed E-state index contributed by atoms with van der Waals surface area (Å²) in [6.07, 6.45) is 4.23. The molecule has 2 aromatic rings. The molecule has 0 aliphatic carbocycles. The SMILES string of the molecule is CC(=O)c1cccc(N(CC(=O)NCc2ccncc2)S(C)(=O)=O)c1. The van der Waals surface area contributed by atoms with Crippen LogP contribution in [-0.2, 0) is 21.4 Å². The molecule has 0 atom stereocenters. The number of Topliss-reactive ketones (excluding diaryl/α,β-unsaturated/α-hetero) is 1. The summed E-state index contributed by atoms with van der Waals surface area (Å²) in [4.78, 5) is 27.6. The minimum absolute atomic E-state index is 0.183. The zero-order chi connectivity index (χ0) is 18.4. The molecular weight excluding hydrogens is 342 g/mol. The van der Waals surface area contributed by atoms with Crippen LogP contribution >= 0.6 is 0 Å². The van der Waals surface area contributed by atoms with Crippen molar-refractivity contribution in [3.63, 3.8) is 0 Å². The third-order valence-electron chi connectivity index (χ3n) is 3.47. The Kier molecular flexibility index (Phi) is 5.87. The van der Waals surface area contributed by atoms with E-state index < -0.39 is 15.9 Å². The third kappa shape index (κ3) is 5.39. The highest BCUT2D eigenvalue weighted by molar-refractivity contribution is 7.92. The molecule has 0 unspecified atom stereocenters. The fourth-order valence-corrected chi connectivity index (χ4v) is 3.02. The van der Waals surface area contributed by atoms with Gasteiger partial charge in [0.1, 0.15) is 6.54 Å². The Morgan fingerprint density at radius 1 is 1.16 bits per heavy atom. The summed E-state index contributed by atoms with van der Waals surface area (Å²) in [6, 6.07) is 9.69. The summed E-state index contributed by atoms with van der Waals surface area (Å²) >= 11 is 0. The van der Waals surface area contributed by atoms with Gasteiger partial charge in [0, 0.05) is 24.5 Å². The van der Waals surface area contributed by atoms with Crippen LogP contribution in [0, 0.1) is 0 Å². The number of sulfonamides is 1. The van der Waals surface area contributed by atoms with Crippen molar-refractivity contribution >= 4 is 27.4 Å². The zero-order valence-corrected chi connectivity index (χ0v) is 14.8. The molecule has 132 valence electrons. The Labute approximate surface area is 146 Å². The van der Waals surface area contributed by atoms with E-state index in [1.54, 1.807) is 42.7 Å². The summed E-state index contributed by atoms with van der Waals surface area (Å²) < 4.78 is 25.1. The highest BCUT2D eigenvalue weighted by Gasteiger charge is 2.21. The topological polar surface area (TPSA) is 96.4 Å². The van der Waals surface area contributed by atoms with Gasteiger partial charge in [-0.2, -0.15) is 0 Å². The first-order valence-corrected chi connectivity index (χ1v) is 9.36. The number of ketones is 1. The molecule has 2 rings (SSSR count). The van der Waals surface area contributed by atoms with Gasteiger partial charge in [-0.05, 0) is 36.8 Å². The van der Waals surface area contributed by atoms with Gasteiger partial charge < -0.3 is 5.32 Å². The first-order valence-electron chi connectivity index (χ1n) is 7.51. The summed E-state index contributed by atoms with van der Waals surface area (Å²) in [5.74, 6) is -0.632. The van der Waals surface area contributed by atoms with Crippen molar-refractivity contribution in [2.24, 2.45) is 0 Å². The second-order valence-electron chi connectivity index (χ2n) is 5.51. The summed E-state index contributed by atoms with van der Waals surface area (Å²) in [7, 11) is -3.69. The molecule has 0 saturated carbocycles. The second-order valence-corrected chi connectivity index (χ2v) is 7.42. The number of aromatic nitrogens is 1. The normalized spacial score (nSPS) is 11.0. The standard InChI is InChI=1S/C17H19N3O4S/c1-13(21)15-4-3-5-16(10-15)20(25(2,23)24)12-17(22)19-11-14-6-8-18-9-7-14/h3-10H,11-12H2,1-2H3,(H,19,22). The van der Waals surface area contributed by atoms with Crippen molar-refractivity contribution in [3.05, 3.63) is 59.9 Å². The van der Waals surface area contributed by atoms with Gasteiger partial charge in [-0.15, -0.1) is 0 Å². The monoisotopic (exact) mass is 361 g/mol. The number of hydrogen-bond acceptors (Lipinski definition) is 5. The molecule has 1 amide bonds. The smallest absolute Gasteiger partial charge is 0.241 e. The molecular formula is C17H19N3O4S. The molecule has 0 aliphatic heterocycles. The van der Waals surface area contributed by atoms with Crippen LogP contribution in [0.2, 0.25) is 0 Å². The molecule has 1 aromatic heterocycles. The first-order chi connectivity index (χ1) is 11.8. The minimum atomic E-state index is -3.69. The summed E-state index contributed by atoms with van der Waals surface area (Å²) in [5, 5.41) is 2.67. The number of carbonyl (C=O) groups is 2. The van der Waals surface area contributed by atoms with Gasteiger partial charge in [-0.25, -0.2) is 8.42 Å². The summed E-state index contributed by atoms with van der Waals surface area (Å²) in [5.41, 5.74) is 1.51. The highest BCUT2D eigenvalue weighted by atomic mass is 32.2. The highest BCUT2D eigenvalue weighted by Crippen LogP contribution is 2.19. The number of rotatable bonds is 7. The molecule has 8 heteroatoms. The Hall–Kier alpha value is -2.74. The van der Waals surface area contributed by atoms with E-state index in [-0.39, 0.29) is 24.6 Å². The maximum Gasteiger partial charge on any atom is 0.241 e. The number of benzene rings is 1. The van der Waals surface area contributed by atoms with Crippen molar-refractivity contribution in [1.82, 2.24) is 10.3 Å². The number of nitrogens with one attached hydrogen (secondary N) is 1. The number of hydrogen-bond donors (Lipinski definition) is 1. The van der Waals surface area contributed by atoms with Gasteiger partial charge in [-0.1, -0.05) is 12.1 Å². The number of pyridine rings is 1. The van der Waals surface area contributed by atoms with Crippen LogP contribution in [0.1, 0.15) is 22.8 Å². The molecule has 25 heavy (non-hydrogen) atoms. The number of nitrogens with zero attached hydrogens (tertiary/aromatic N) is 2. The Morgan fingerprint density at radius 3 is 2.44 bits per heavy atom. The van der Waals surface area contributed by atoms with E-state index >= 15 is 0 Å². The molecule has 0 bridgehead atoms. The number of anilines is 1. The molecule has 0 aliphatic rings. The van der Waals surface area contributed by atoms with Gasteiger partial charge in [0.15, 0.2) is 5.78 Å². The van der Waals surface area contributed by atoms with Gasteiger partial charge in [0.25, 0.3) is 0 Å². The maximum absolute atomic E-state index is 12.2. The minimum Gasteiger partial charge on any atom is -0.350 e. The number of amides is 1. The lowest BCUT2D eigenvalue weighted by atomic mass is 10.1. The second kappa shape index (κ2) is 7.89. The van der Waals surface area contributed by atoms with Crippen molar-refractivity contribution in [2.45, 2.75) is 13.5 Å². The zero-order valence-electron chi connectivity index (χ0n) is 14.0. The van der Waals surface area contributed by atoms with Crippen molar-refractivity contribution in [3.8, 4) is 0 Å². The van der Waals surface area contributed by atoms with Crippen molar-refractivity contribution in [1.29, 1.82) is 0 Å². The Morgan fingerprint density at radius 2 is 1.84 bits per heavy atom. The fourth-order valence-electron chi connectivity index (χ4n) is 2.17. The van der Waals surface area contributed by atoms with E-state index in [0.29, 0.717) is 5.56 Å². The third-order valence-corrected chi connectivity index (χ3v) is 4.61. The molecule has 1 heterocycles. The molecule has 1 aromatic carbocycles. The average Bonchev–Trinajstić information content (AvgIpc) is 2.58. The van der Waals surface area contributed by atoms with Crippen LogP contribution in [0.4, 0.5) is 5.69 Å². The Bertz CT molecular complexity index is 866. The predicted octanol–water partition coefficient (Wildman–Crippen LogP) is 1.37. The van der Waals surface area contributed by atoms with Gasteiger partial charge in [0.2, 0.25) is 15.9 Å². The van der Waals surface area contributed by atoms with Gasteiger partial charge in [-0.3, -0.25) is 18.9 Å². The average molecular weight is 361 g/mol. The van der Waals surface area contributed by atoms with Crippen LogP contribution in [0.15, 0.2) is 48.8 Å². The number of carbonyl (C=O) groups excluding carboxylic acids is 2. The van der Waals surface area contributed by atoms with E-state index in [1.807, 2.05) is 0 Å². The first kappa shape index (κ1) is 18.6. The van der Waals surface area contributed by atoms with Crippen LogP contribution in [0.3, 0.4) is 0 Å². The largest absolute Gasteiger partial charge is 0.350 e. The molecule has 0 spiro atoms. The van der Waals surface area contributed by atoms with Crippen LogP contribution in [0.25, 0.3) is 0 Å². The van der Waals surface area contributed by atoms with E-state index in [9.17, 15) is 18.0 Å². The maximum atomic E-state index is 12.2. The van der Waals surface area contributed by atoms with Crippen LogP contribution in [0.5, 0.6) is 0 Å². The summed E-state index contributed by atoms with van der Waals surface area (Å²) in [6.45, 7) is 1.29. The van der Waals surface area contributed by atoms with Gasteiger partial charge in [0.05, 0.1) is 11.9 Å². The van der Waals surface area contributed by atoms with Crippen LogP contribution in [-0.4, -0.2) is 37.9 Å². The van der Waals surface area contributed by atoms with Crippen molar-refractivity contribution < 1.29 is 18.0 Å². The van der Waals surface area contributed by atoms with Crippen LogP contribution < -0.4 is 9.62 Å². The quantitative estimate of drug-likeness (QED) is 0.751. The van der Waals surface area contributed by atoms with E-state index in [2.05, 4.69) is 10.3 Å². The fraction of sp³-hybridized carbons (Fsp3) is 0.235. The van der Waals surface area contributed by atoms with E-state index in [4.69, 9.17) is 0 Å². The van der Waals surface area contributed by atoms with Gasteiger partial charge >= 0.3 is 0 Å². The van der Waals surface area contributed by atoms with E-state index in [0.717, 1.165) is 16.1 Å². The van der Waals surface area contributed by atoms with Crippen molar-refractivity contribution in [2.75, 3.05) is 17.1 Å². The lowest BCUT2D eigenvalue weighted by Crippen LogP contribution is -2.40.